The summed E-state index contributed by atoms with van der Waals surface area (Å²) in [6.07, 6.45) is 6.92. The lowest BCUT2D eigenvalue weighted by atomic mass is 10.1. The van der Waals surface area contributed by atoms with Crippen molar-refractivity contribution in [1.29, 1.82) is 5.26 Å². The van der Waals surface area contributed by atoms with Crippen LogP contribution in [0.4, 0.5) is 0 Å². The van der Waals surface area contributed by atoms with Crippen LogP contribution in [0, 0.1) is 11.3 Å². The molecule has 0 radical (unpaired) electrons. The van der Waals surface area contributed by atoms with Crippen molar-refractivity contribution in [3.05, 3.63) is 29.3 Å². The van der Waals surface area contributed by atoms with E-state index in [1.54, 1.807) is 12.1 Å². The molecule has 4 fully saturated rings. The van der Waals surface area contributed by atoms with E-state index in [0.29, 0.717) is 12.8 Å². The molecule has 4 aliphatic rings. The molecule has 2 aliphatic heterocycles. The highest BCUT2D eigenvalue weighted by atomic mass is 35.5. The summed E-state index contributed by atoms with van der Waals surface area (Å²) in [7, 11) is -3.88. The smallest absolute Gasteiger partial charge is 0.244 e. The number of hydrogen-bond acceptors (Lipinski definition) is 6. The molecule has 2 heterocycles. The Morgan fingerprint density at radius 1 is 1.06 bits per heavy atom. The molecule has 2 saturated carbocycles. The summed E-state index contributed by atoms with van der Waals surface area (Å²) in [6.45, 7) is 1.63. The largest absolute Gasteiger partial charge is 0.336 e. The molecule has 35 heavy (non-hydrogen) atoms. The first kappa shape index (κ1) is 24.5. The molecule has 8 nitrogen and oxygen atoms in total. The average molecular weight is 519 g/mol. The number of benzene rings is 1. The topological polar surface area (TPSA) is 111 Å². The Balaban J connectivity index is 1.44. The van der Waals surface area contributed by atoms with Crippen molar-refractivity contribution in [2.45, 2.75) is 85.1 Å². The van der Waals surface area contributed by atoms with Gasteiger partial charge in [-0.15, -0.1) is 0 Å². The molecule has 1 N–H and O–H groups in total. The molecule has 1 aromatic carbocycles. The van der Waals surface area contributed by atoms with E-state index in [2.05, 4.69) is 16.3 Å². The molecule has 5 rings (SSSR count). The summed E-state index contributed by atoms with van der Waals surface area (Å²) >= 11 is 6.22. The first-order chi connectivity index (χ1) is 16.7. The zero-order valence-corrected chi connectivity index (χ0v) is 21.3. The number of halogens is 1. The third-order valence-corrected chi connectivity index (χ3v) is 10.7. The third-order valence-electron chi connectivity index (χ3n) is 8.07. The predicted molar refractivity (Wildman–Crippen MR) is 130 cm³/mol. The lowest BCUT2D eigenvalue weighted by Gasteiger charge is -2.35. The Morgan fingerprint density at radius 3 is 2.29 bits per heavy atom. The van der Waals surface area contributed by atoms with Crippen LogP contribution in [0.5, 0.6) is 0 Å². The van der Waals surface area contributed by atoms with Gasteiger partial charge in [0.25, 0.3) is 0 Å². The van der Waals surface area contributed by atoms with Crippen molar-refractivity contribution in [3.8, 4) is 6.07 Å². The highest BCUT2D eigenvalue weighted by molar-refractivity contribution is 7.92. The second-order valence-corrected chi connectivity index (χ2v) is 13.0. The minimum Gasteiger partial charge on any atom is -0.336 e. The standard InChI is InChI=1S/C25H31ClN4O4S/c26-19-7-3-4-8-21(19)35(33,34)18-15-20(22(31)28-24(17-27)9-10-24)30(16-18)23(32)25(11-12-25)29-13-5-1-2-6-14-29/h3-4,7-8,18,20H,1-2,5-6,9-16H2,(H,28,31)/t18-,20+/m1/s1. The number of sulfone groups is 1. The van der Waals surface area contributed by atoms with Crippen LogP contribution in [-0.4, -0.2) is 72.0 Å². The normalized spacial score (nSPS) is 27.5. The number of nitrogens with zero attached hydrogens (tertiary/aromatic N) is 3. The van der Waals surface area contributed by atoms with Gasteiger partial charge in [-0.25, -0.2) is 8.42 Å². The van der Waals surface area contributed by atoms with Gasteiger partial charge in [-0.3, -0.25) is 14.5 Å². The van der Waals surface area contributed by atoms with E-state index in [0.717, 1.165) is 51.6 Å². The molecule has 10 heteroatoms. The summed E-state index contributed by atoms with van der Waals surface area (Å²) in [5.74, 6) is -0.598. The van der Waals surface area contributed by atoms with Crippen LogP contribution in [0.3, 0.4) is 0 Å². The minimum absolute atomic E-state index is 0.0112. The first-order valence-electron chi connectivity index (χ1n) is 12.5. The second kappa shape index (κ2) is 9.06. The molecule has 0 spiro atoms. The van der Waals surface area contributed by atoms with E-state index >= 15 is 0 Å². The Bertz CT molecular complexity index is 1160. The van der Waals surface area contributed by atoms with Gasteiger partial charge in [-0.05, 0) is 70.2 Å². The monoisotopic (exact) mass is 518 g/mol. The van der Waals surface area contributed by atoms with Crippen molar-refractivity contribution < 1.29 is 18.0 Å². The van der Waals surface area contributed by atoms with Crippen molar-refractivity contribution in [2.24, 2.45) is 0 Å². The third kappa shape index (κ3) is 4.45. The van der Waals surface area contributed by atoms with Crippen LogP contribution in [0.15, 0.2) is 29.2 Å². The lowest BCUT2D eigenvalue weighted by molar-refractivity contribution is -0.144. The Labute approximate surface area is 211 Å². The van der Waals surface area contributed by atoms with Gasteiger partial charge in [-0.1, -0.05) is 36.6 Å². The molecule has 188 valence electrons. The highest BCUT2D eigenvalue weighted by Crippen LogP contribution is 2.46. The number of carbonyl (C=O) groups is 2. The number of hydrogen-bond donors (Lipinski definition) is 1. The van der Waals surface area contributed by atoms with Gasteiger partial charge in [0.1, 0.15) is 17.1 Å². The summed E-state index contributed by atoms with van der Waals surface area (Å²) in [5, 5.41) is 11.4. The molecular weight excluding hydrogens is 488 g/mol. The molecule has 2 atom stereocenters. The van der Waals surface area contributed by atoms with E-state index in [1.807, 2.05) is 0 Å². The fraction of sp³-hybridized carbons (Fsp3) is 0.640. The molecular formula is C25H31ClN4O4S. The van der Waals surface area contributed by atoms with E-state index in [1.165, 1.54) is 17.0 Å². The van der Waals surface area contributed by atoms with Gasteiger partial charge in [0, 0.05) is 6.54 Å². The van der Waals surface area contributed by atoms with E-state index in [9.17, 15) is 23.3 Å². The van der Waals surface area contributed by atoms with Gasteiger partial charge in [-0.2, -0.15) is 5.26 Å². The summed E-state index contributed by atoms with van der Waals surface area (Å²) in [5.41, 5.74) is -1.54. The zero-order valence-electron chi connectivity index (χ0n) is 19.7. The maximum absolute atomic E-state index is 14.0. The zero-order chi connectivity index (χ0) is 24.8. The molecule has 2 saturated heterocycles. The van der Waals surface area contributed by atoms with Crippen LogP contribution in [-0.2, 0) is 19.4 Å². The van der Waals surface area contributed by atoms with Crippen LogP contribution in [0.25, 0.3) is 0 Å². The molecule has 0 aromatic heterocycles. The van der Waals surface area contributed by atoms with Gasteiger partial charge in [0.15, 0.2) is 9.84 Å². The number of rotatable bonds is 6. The average Bonchev–Trinajstić information content (AvgIpc) is 3.75. The van der Waals surface area contributed by atoms with Crippen molar-refractivity contribution in [3.63, 3.8) is 0 Å². The predicted octanol–water partition coefficient (Wildman–Crippen LogP) is 2.66. The first-order valence-corrected chi connectivity index (χ1v) is 14.4. The van der Waals surface area contributed by atoms with Gasteiger partial charge < -0.3 is 10.2 Å². The fourth-order valence-electron chi connectivity index (χ4n) is 5.61. The molecule has 2 amide bonds. The number of amides is 2. The van der Waals surface area contributed by atoms with Crippen LogP contribution in [0.1, 0.15) is 57.8 Å². The molecule has 0 bridgehead atoms. The minimum atomic E-state index is -3.88. The van der Waals surface area contributed by atoms with Crippen molar-refractivity contribution >= 4 is 33.3 Å². The SMILES string of the molecule is N#CC1(NC(=O)[C@@H]2C[C@@H](S(=O)(=O)c3ccccc3Cl)CN2C(=O)C2(N3CCCCCC3)CC2)CC1. The second-order valence-electron chi connectivity index (χ2n) is 10.4. The summed E-state index contributed by atoms with van der Waals surface area (Å²) < 4.78 is 27.1. The van der Waals surface area contributed by atoms with Gasteiger partial charge in [0.05, 0.1) is 21.2 Å². The number of nitrogens with one attached hydrogen (secondary N) is 1. The Kier molecular flexibility index (Phi) is 6.35. The van der Waals surface area contributed by atoms with Crippen molar-refractivity contribution in [2.75, 3.05) is 19.6 Å². The van der Waals surface area contributed by atoms with E-state index < -0.39 is 38.1 Å². The number of nitriles is 1. The Morgan fingerprint density at radius 2 is 1.71 bits per heavy atom. The fourth-order valence-corrected chi connectivity index (χ4v) is 7.83. The molecule has 0 unspecified atom stereocenters. The van der Waals surface area contributed by atoms with Crippen LogP contribution in [0.2, 0.25) is 5.02 Å². The van der Waals surface area contributed by atoms with Crippen molar-refractivity contribution in [1.82, 2.24) is 15.1 Å². The van der Waals surface area contributed by atoms with Gasteiger partial charge in [0.2, 0.25) is 11.8 Å². The Hall–Kier alpha value is -2.15. The van der Waals surface area contributed by atoms with Crippen LogP contribution >= 0.6 is 11.6 Å². The maximum Gasteiger partial charge on any atom is 0.244 e. The summed E-state index contributed by atoms with van der Waals surface area (Å²) in [4.78, 5) is 31.1. The van der Waals surface area contributed by atoms with E-state index in [4.69, 9.17) is 11.6 Å². The van der Waals surface area contributed by atoms with Crippen LogP contribution < -0.4 is 5.32 Å². The van der Waals surface area contributed by atoms with E-state index in [-0.39, 0.29) is 28.8 Å². The molecule has 1 aromatic rings. The number of carbonyl (C=O) groups excluding carboxylic acids is 2. The number of likely N-dealkylation sites (tertiary alicyclic amines) is 2. The summed E-state index contributed by atoms with van der Waals surface area (Å²) in [6, 6.07) is 7.49. The quantitative estimate of drug-likeness (QED) is 0.620. The molecule has 2 aliphatic carbocycles. The highest BCUT2D eigenvalue weighted by Gasteiger charge is 2.59. The maximum atomic E-state index is 14.0. The lowest BCUT2D eigenvalue weighted by Crippen LogP contribution is -2.56. The van der Waals surface area contributed by atoms with Gasteiger partial charge >= 0.3 is 0 Å².